The van der Waals surface area contributed by atoms with E-state index < -0.39 is 62.1 Å². The summed E-state index contributed by atoms with van der Waals surface area (Å²) in [4.78, 5) is 69.9. The fourth-order valence-electron chi connectivity index (χ4n) is 7.27. The molecule has 7 rings (SSSR count). The number of ether oxygens (including phenoxy) is 2. The minimum absolute atomic E-state index is 0.00154. The highest BCUT2D eigenvalue weighted by Gasteiger charge is 2.28. The molecule has 0 spiro atoms. The van der Waals surface area contributed by atoms with Crippen LogP contribution in [-0.2, 0) is 44.4 Å². The number of nitrogens with zero attached hydrogens (tertiary/aromatic N) is 6. The predicted octanol–water partition coefficient (Wildman–Crippen LogP) is 5.02. The normalized spacial score (nSPS) is 13.7. The first-order valence-electron chi connectivity index (χ1n) is 19.7. The molecular formula is C43H42F2N8O8S. The number of aryl methyl sites for hydroxylation is 1. The van der Waals surface area contributed by atoms with Crippen LogP contribution in [-0.4, -0.2) is 69.1 Å². The van der Waals surface area contributed by atoms with E-state index in [1.807, 2.05) is 4.72 Å². The van der Waals surface area contributed by atoms with Crippen LogP contribution in [0.3, 0.4) is 0 Å². The lowest BCUT2D eigenvalue weighted by Gasteiger charge is -2.22. The van der Waals surface area contributed by atoms with Gasteiger partial charge < -0.3 is 14.8 Å². The number of amides is 1. The van der Waals surface area contributed by atoms with E-state index in [0.29, 0.717) is 52.5 Å². The number of hydrogen-bond donors (Lipinski definition) is 2. The number of methoxy groups -OCH3 is 1. The van der Waals surface area contributed by atoms with Crippen molar-refractivity contribution in [3.63, 3.8) is 0 Å². The van der Waals surface area contributed by atoms with Gasteiger partial charge in [0.05, 0.1) is 39.9 Å². The van der Waals surface area contributed by atoms with Crippen LogP contribution in [0, 0.1) is 17.6 Å². The molecule has 4 heterocycles. The Morgan fingerprint density at radius 1 is 0.903 bits per heavy atom. The first-order chi connectivity index (χ1) is 29.8. The standard InChI is InChI=1S/C43H42F2N8O8S/c1-52-37-24-46-16-14-31(37)41(55)53(43(52)57)39-13-8-27(21-49-39)18-36(42(56)61-17-15-26-6-4-3-5-7-26)50-40(54)32-19-34(45)35(20-33(32)44)51-62(58,59)30-11-9-28(10-12-30)29-22-47-38(25-60-2)48-23-29/h8-14,16,19-24,26,36,51H,3-7,15,17-18,25H2,1-2H3,(H,50,54)/t36-/m0/s1. The number of pyridine rings is 2. The maximum Gasteiger partial charge on any atom is 0.337 e. The number of aromatic nitrogens is 6. The molecule has 0 unspecified atom stereocenters. The number of halogens is 2. The molecule has 6 aromatic rings. The number of benzene rings is 2. The van der Waals surface area contributed by atoms with Crippen LogP contribution in [0.15, 0.2) is 100 Å². The van der Waals surface area contributed by atoms with Gasteiger partial charge in [0.25, 0.3) is 21.5 Å². The van der Waals surface area contributed by atoms with E-state index in [4.69, 9.17) is 9.47 Å². The molecule has 19 heteroatoms. The van der Waals surface area contributed by atoms with Crippen molar-refractivity contribution in [2.45, 2.75) is 62.5 Å². The van der Waals surface area contributed by atoms with Crippen molar-refractivity contribution >= 4 is 38.5 Å². The first-order valence-corrected chi connectivity index (χ1v) is 21.2. The highest BCUT2D eigenvalue weighted by atomic mass is 32.2. The Kier molecular flexibility index (Phi) is 13.2. The van der Waals surface area contributed by atoms with Crippen molar-refractivity contribution < 1.29 is 36.3 Å². The number of esters is 1. The summed E-state index contributed by atoms with van der Waals surface area (Å²) in [5, 5.41) is 2.68. The number of hydrogen-bond acceptors (Lipinski definition) is 12. The third-order valence-corrected chi connectivity index (χ3v) is 12.0. The highest BCUT2D eigenvalue weighted by Crippen LogP contribution is 2.27. The number of rotatable bonds is 15. The van der Waals surface area contributed by atoms with E-state index in [-0.39, 0.29) is 35.7 Å². The topological polar surface area (TPSA) is 206 Å². The maximum absolute atomic E-state index is 15.6. The van der Waals surface area contributed by atoms with Crippen LogP contribution in [0.2, 0.25) is 0 Å². The van der Waals surface area contributed by atoms with Gasteiger partial charge in [-0.2, -0.15) is 0 Å². The molecule has 1 aliphatic rings. The van der Waals surface area contributed by atoms with Gasteiger partial charge in [-0.1, -0.05) is 50.3 Å². The van der Waals surface area contributed by atoms with Crippen molar-refractivity contribution in [2.24, 2.45) is 13.0 Å². The van der Waals surface area contributed by atoms with E-state index in [1.165, 1.54) is 79.8 Å². The summed E-state index contributed by atoms with van der Waals surface area (Å²) in [5.74, 6) is -3.70. The summed E-state index contributed by atoms with van der Waals surface area (Å²) in [6.45, 7) is 0.298. The summed E-state index contributed by atoms with van der Waals surface area (Å²) in [6.07, 6.45) is 13.0. The van der Waals surface area contributed by atoms with E-state index in [9.17, 15) is 27.6 Å². The predicted molar refractivity (Wildman–Crippen MR) is 223 cm³/mol. The molecule has 0 saturated heterocycles. The van der Waals surface area contributed by atoms with Crippen molar-refractivity contribution in [2.75, 3.05) is 18.4 Å². The van der Waals surface area contributed by atoms with Gasteiger partial charge >= 0.3 is 11.7 Å². The smallest absolute Gasteiger partial charge is 0.337 e. The van der Waals surface area contributed by atoms with Crippen LogP contribution in [0.25, 0.3) is 27.8 Å². The van der Waals surface area contributed by atoms with Gasteiger partial charge in [-0.15, -0.1) is 0 Å². The summed E-state index contributed by atoms with van der Waals surface area (Å²) in [7, 11) is -1.43. The van der Waals surface area contributed by atoms with Crippen molar-refractivity contribution in [3.8, 4) is 16.9 Å². The molecule has 1 fully saturated rings. The highest BCUT2D eigenvalue weighted by molar-refractivity contribution is 7.92. The Hall–Kier alpha value is -6.73. The van der Waals surface area contributed by atoms with Crippen LogP contribution in [0.5, 0.6) is 0 Å². The Bertz CT molecular complexity index is 2830. The SMILES string of the molecule is COCc1ncc(-c2ccc(S(=O)(=O)Nc3cc(F)c(C(=O)N[C@@H](Cc4ccc(-n5c(=O)c6ccncc6n(C)c5=O)nc4)C(=O)OCCC4CCCCC4)cc3F)cc2)cn1. The van der Waals surface area contributed by atoms with Gasteiger partial charge in [0.2, 0.25) is 0 Å². The van der Waals surface area contributed by atoms with Crippen molar-refractivity contribution in [1.82, 2.24) is 34.4 Å². The molecule has 0 radical (unpaired) electrons. The van der Waals surface area contributed by atoms with Crippen molar-refractivity contribution in [3.05, 3.63) is 135 Å². The Labute approximate surface area is 354 Å². The van der Waals surface area contributed by atoms with Gasteiger partial charge in [0.15, 0.2) is 5.82 Å². The number of fused-ring (bicyclic) bond motifs is 1. The second kappa shape index (κ2) is 18.9. The zero-order valence-corrected chi connectivity index (χ0v) is 34.5. The number of nitrogens with one attached hydrogen (secondary N) is 2. The van der Waals surface area contributed by atoms with E-state index in [0.717, 1.165) is 36.7 Å². The second-order valence-corrected chi connectivity index (χ2v) is 16.5. The molecule has 0 bridgehead atoms. The number of carbonyl (C=O) groups is 2. The lowest BCUT2D eigenvalue weighted by Crippen LogP contribution is -2.44. The minimum atomic E-state index is -4.43. The summed E-state index contributed by atoms with van der Waals surface area (Å²) < 4.78 is 72.3. The molecule has 1 saturated carbocycles. The Balaban J connectivity index is 1.08. The zero-order chi connectivity index (χ0) is 44.0. The van der Waals surface area contributed by atoms with Gasteiger partial charge in [-0.25, -0.2) is 46.3 Å². The molecule has 1 aliphatic carbocycles. The summed E-state index contributed by atoms with van der Waals surface area (Å²) in [6, 6.07) is 9.59. The number of sulfonamides is 1. The average Bonchev–Trinajstić information content (AvgIpc) is 3.27. The van der Waals surface area contributed by atoms with Gasteiger partial charge in [0, 0.05) is 57.0 Å². The fourth-order valence-corrected chi connectivity index (χ4v) is 8.33. The monoisotopic (exact) mass is 868 g/mol. The second-order valence-electron chi connectivity index (χ2n) is 14.9. The van der Waals surface area contributed by atoms with E-state index >= 15 is 8.78 Å². The van der Waals surface area contributed by atoms with Crippen LogP contribution in [0.1, 0.15) is 60.3 Å². The summed E-state index contributed by atoms with van der Waals surface area (Å²) in [5.41, 5.74) is -0.926. The Morgan fingerprint density at radius 2 is 1.65 bits per heavy atom. The quantitative estimate of drug-likeness (QED) is 0.131. The van der Waals surface area contributed by atoms with Crippen LogP contribution >= 0.6 is 0 Å². The molecule has 322 valence electrons. The van der Waals surface area contributed by atoms with Gasteiger partial charge in [-0.05, 0) is 53.8 Å². The number of carbonyl (C=O) groups excluding carboxylic acids is 2. The lowest BCUT2D eigenvalue weighted by atomic mass is 9.87. The molecular weight excluding hydrogens is 827 g/mol. The first kappa shape index (κ1) is 43.4. The largest absolute Gasteiger partial charge is 0.464 e. The molecule has 16 nitrogen and oxygen atoms in total. The van der Waals surface area contributed by atoms with Gasteiger partial charge in [0.1, 0.15) is 30.1 Å². The third kappa shape index (κ3) is 9.74. The molecule has 4 aromatic heterocycles. The van der Waals surface area contributed by atoms with E-state index in [1.54, 1.807) is 12.4 Å². The molecule has 1 atom stereocenters. The molecule has 62 heavy (non-hydrogen) atoms. The summed E-state index contributed by atoms with van der Waals surface area (Å²) >= 11 is 0. The Morgan fingerprint density at radius 3 is 2.34 bits per heavy atom. The average molecular weight is 869 g/mol. The molecule has 2 N–H and O–H groups in total. The fraction of sp³-hybridized carbons (Fsp3) is 0.302. The van der Waals surface area contributed by atoms with E-state index in [2.05, 4.69) is 25.3 Å². The molecule has 2 aromatic carbocycles. The van der Waals surface area contributed by atoms with Crippen LogP contribution in [0.4, 0.5) is 14.5 Å². The molecule has 1 amide bonds. The molecule has 0 aliphatic heterocycles. The van der Waals surface area contributed by atoms with Crippen LogP contribution < -0.4 is 21.3 Å². The van der Waals surface area contributed by atoms with Gasteiger partial charge in [-0.3, -0.25) is 23.9 Å². The maximum atomic E-state index is 15.6. The third-order valence-electron chi connectivity index (χ3n) is 10.7. The zero-order valence-electron chi connectivity index (χ0n) is 33.7. The minimum Gasteiger partial charge on any atom is -0.464 e. The lowest BCUT2D eigenvalue weighted by molar-refractivity contribution is -0.146. The number of anilines is 1. The van der Waals surface area contributed by atoms with Crippen molar-refractivity contribution in [1.29, 1.82) is 0 Å².